The molecule has 3 unspecified atom stereocenters. The van der Waals surface area contributed by atoms with Crippen LogP contribution in [0.1, 0.15) is 32.8 Å². The number of sulfonamides is 1. The molecule has 2 saturated heterocycles. The third kappa shape index (κ3) is 4.32. The van der Waals surface area contributed by atoms with Gasteiger partial charge >= 0.3 is 0 Å². The third-order valence-electron chi connectivity index (χ3n) is 5.44. The number of ether oxygens (including phenoxy) is 1. The maximum absolute atomic E-state index is 12.2. The fourth-order valence-corrected chi connectivity index (χ4v) is 4.61. The van der Waals surface area contributed by atoms with E-state index in [2.05, 4.69) is 14.9 Å². The van der Waals surface area contributed by atoms with Crippen molar-refractivity contribution in [1.29, 1.82) is 0 Å². The lowest BCUT2D eigenvalue weighted by molar-refractivity contribution is -0.119. The number of carbonyl (C=O) groups is 1. The molecule has 0 saturated carbocycles. The minimum absolute atomic E-state index is 0.0273. The van der Waals surface area contributed by atoms with Gasteiger partial charge in [-0.15, -0.1) is 0 Å². The van der Waals surface area contributed by atoms with Crippen molar-refractivity contribution in [3.8, 4) is 0 Å². The van der Waals surface area contributed by atoms with Gasteiger partial charge in [0.25, 0.3) is 0 Å². The molecule has 3 N–H and O–H groups in total. The number of anilines is 1. The zero-order valence-electron chi connectivity index (χ0n) is 16.5. The molecule has 9 heteroatoms. The van der Waals surface area contributed by atoms with E-state index in [9.17, 15) is 18.3 Å². The van der Waals surface area contributed by atoms with Crippen LogP contribution in [0, 0.1) is 0 Å². The lowest BCUT2D eigenvalue weighted by Crippen LogP contribution is -2.51. The zero-order chi connectivity index (χ0) is 20.5. The van der Waals surface area contributed by atoms with E-state index in [1.54, 1.807) is 13.8 Å². The van der Waals surface area contributed by atoms with E-state index in [-0.39, 0.29) is 25.2 Å². The second-order valence-electron chi connectivity index (χ2n) is 7.88. The van der Waals surface area contributed by atoms with Crippen LogP contribution in [-0.2, 0) is 25.2 Å². The summed E-state index contributed by atoms with van der Waals surface area (Å²) >= 11 is 0. The Morgan fingerprint density at radius 3 is 2.61 bits per heavy atom. The minimum Gasteiger partial charge on any atom is -0.381 e. The molecule has 0 spiro atoms. The second kappa shape index (κ2) is 7.98. The van der Waals surface area contributed by atoms with Crippen molar-refractivity contribution in [3.63, 3.8) is 0 Å². The van der Waals surface area contributed by atoms with Gasteiger partial charge in [-0.3, -0.25) is 4.79 Å². The van der Waals surface area contributed by atoms with Crippen LogP contribution in [0.3, 0.4) is 0 Å². The van der Waals surface area contributed by atoms with Gasteiger partial charge in [0.05, 0.1) is 24.5 Å². The Balaban J connectivity index is 1.72. The Hall–Kier alpha value is -1.68. The van der Waals surface area contributed by atoms with Gasteiger partial charge < -0.3 is 20.1 Å². The van der Waals surface area contributed by atoms with Gasteiger partial charge in [-0.2, -0.15) is 0 Å². The minimum atomic E-state index is -3.53. The van der Waals surface area contributed by atoms with E-state index in [1.165, 1.54) is 6.92 Å². The summed E-state index contributed by atoms with van der Waals surface area (Å²) in [6.07, 6.45) is 0.887. The first-order chi connectivity index (χ1) is 13.1. The Morgan fingerprint density at radius 1 is 1.32 bits per heavy atom. The van der Waals surface area contributed by atoms with E-state index in [0.717, 1.165) is 25.2 Å². The molecule has 2 heterocycles. The Morgan fingerprint density at radius 2 is 2.00 bits per heavy atom. The Labute approximate surface area is 166 Å². The lowest BCUT2D eigenvalue weighted by atomic mass is 9.89. The fourth-order valence-electron chi connectivity index (χ4n) is 3.68. The van der Waals surface area contributed by atoms with E-state index >= 15 is 0 Å². The largest absolute Gasteiger partial charge is 0.381 e. The van der Waals surface area contributed by atoms with Gasteiger partial charge in [-0.1, -0.05) is 12.1 Å². The highest BCUT2D eigenvalue weighted by molar-refractivity contribution is 7.90. The number of aliphatic hydroxyl groups is 1. The maximum Gasteiger partial charge on any atom is 0.217 e. The van der Waals surface area contributed by atoms with Gasteiger partial charge in [0, 0.05) is 31.7 Å². The van der Waals surface area contributed by atoms with Gasteiger partial charge in [-0.25, -0.2) is 13.1 Å². The van der Waals surface area contributed by atoms with Crippen LogP contribution in [0.15, 0.2) is 24.3 Å². The summed E-state index contributed by atoms with van der Waals surface area (Å²) in [4.78, 5) is 13.4. The molecule has 1 amide bonds. The van der Waals surface area contributed by atoms with Gasteiger partial charge in [0.1, 0.15) is 5.60 Å². The van der Waals surface area contributed by atoms with Crippen molar-refractivity contribution < 1.29 is 23.1 Å². The summed E-state index contributed by atoms with van der Waals surface area (Å²) in [7, 11) is -3.53. The van der Waals surface area contributed by atoms with E-state index in [1.807, 2.05) is 24.3 Å². The summed E-state index contributed by atoms with van der Waals surface area (Å²) in [5, 5.41) is 13.5. The average molecular weight is 412 g/mol. The number of benzene rings is 1. The van der Waals surface area contributed by atoms with Crippen molar-refractivity contribution >= 4 is 21.6 Å². The first-order valence-electron chi connectivity index (χ1n) is 9.55. The van der Waals surface area contributed by atoms with Crippen molar-refractivity contribution in [3.05, 3.63) is 29.8 Å². The monoisotopic (exact) mass is 411 g/mol. The van der Waals surface area contributed by atoms with Gasteiger partial charge in [0.15, 0.2) is 0 Å². The predicted octanol–water partition coefficient (Wildman–Crippen LogP) is 0.316. The molecule has 0 aromatic heterocycles. The van der Waals surface area contributed by atoms with E-state index < -0.39 is 26.9 Å². The number of hydrogen-bond donors (Lipinski definition) is 3. The molecule has 1 aromatic rings. The fraction of sp³-hybridized carbons (Fsp3) is 0.632. The summed E-state index contributed by atoms with van der Waals surface area (Å²) in [5.41, 5.74) is 0.200. The second-order valence-corrected chi connectivity index (χ2v) is 10.2. The average Bonchev–Trinajstić information content (AvgIpc) is 3.22. The highest BCUT2D eigenvalue weighted by Crippen LogP contribution is 2.33. The van der Waals surface area contributed by atoms with Crippen molar-refractivity contribution in [2.45, 2.75) is 50.1 Å². The predicted molar refractivity (Wildman–Crippen MR) is 107 cm³/mol. The van der Waals surface area contributed by atoms with Crippen LogP contribution in [0.5, 0.6) is 0 Å². The number of amides is 1. The van der Waals surface area contributed by atoms with Crippen LogP contribution in [0.25, 0.3) is 0 Å². The SMILES string of the molecule is CC(=O)NC1CCN(c2ccc(C3(O)COCC3NS(=O)(=O)C(C)C)cc2)C1. The van der Waals surface area contributed by atoms with Crippen LogP contribution < -0.4 is 14.9 Å². The quantitative estimate of drug-likeness (QED) is 0.622. The number of rotatable bonds is 6. The maximum atomic E-state index is 12.2. The molecule has 28 heavy (non-hydrogen) atoms. The highest BCUT2D eigenvalue weighted by Gasteiger charge is 2.46. The first kappa shape index (κ1) is 21.0. The van der Waals surface area contributed by atoms with Crippen molar-refractivity contribution in [2.75, 3.05) is 31.2 Å². The normalized spacial score (nSPS) is 28.1. The number of hydrogen-bond acceptors (Lipinski definition) is 6. The summed E-state index contributed by atoms with van der Waals surface area (Å²) in [5.74, 6) is -0.0273. The number of nitrogens with zero attached hydrogens (tertiary/aromatic N) is 1. The smallest absolute Gasteiger partial charge is 0.217 e. The van der Waals surface area contributed by atoms with Crippen LogP contribution in [-0.4, -0.2) is 63.1 Å². The molecule has 2 fully saturated rings. The molecule has 156 valence electrons. The Bertz CT molecular complexity index is 811. The van der Waals surface area contributed by atoms with Crippen LogP contribution in [0.4, 0.5) is 5.69 Å². The first-order valence-corrected chi connectivity index (χ1v) is 11.1. The zero-order valence-corrected chi connectivity index (χ0v) is 17.3. The van der Waals surface area contributed by atoms with Gasteiger partial charge in [0.2, 0.25) is 15.9 Å². The molecule has 2 aliphatic rings. The molecule has 2 aliphatic heterocycles. The molecule has 8 nitrogen and oxygen atoms in total. The lowest BCUT2D eigenvalue weighted by Gasteiger charge is -2.30. The molecule has 1 aromatic carbocycles. The third-order valence-corrected chi connectivity index (χ3v) is 7.29. The summed E-state index contributed by atoms with van der Waals surface area (Å²) in [6, 6.07) is 6.85. The molecule has 3 atom stereocenters. The van der Waals surface area contributed by atoms with Crippen molar-refractivity contribution in [1.82, 2.24) is 10.0 Å². The summed E-state index contributed by atoms with van der Waals surface area (Å²) < 4.78 is 32.4. The molecule has 0 aliphatic carbocycles. The van der Waals surface area contributed by atoms with Crippen LogP contribution in [0.2, 0.25) is 0 Å². The van der Waals surface area contributed by atoms with E-state index in [0.29, 0.717) is 5.56 Å². The Kier molecular flexibility index (Phi) is 6.00. The topological polar surface area (TPSA) is 108 Å². The number of carbonyl (C=O) groups excluding carboxylic acids is 1. The molecule has 0 bridgehead atoms. The molecule has 3 rings (SSSR count). The molecule has 0 radical (unpaired) electrons. The molecular weight excluding hydrogens is 382 g/mol. The van der Waals surface area contributed by atoms with Gasteiger partial charge in [-0.05, 0) is 38.0 Å². The summed E-state index contributed by atoms with van der Waals surface area (Å²) in [6.45, 7) is 6.44. The standard InChI is InChI=1S/C19H29N3O5S/c1-13(2)28(25,26)21-18-11-27-12-19(18,24)15-4-6-17(7-5-15)22-9-8-16(10-22)20-14(3)23/h4-7,13,16,18,21,24H,8-12H2,1-3H3,(H,20,23). The number of nitrogens with one attached hydrogen (secondary N) is 2. The van der Waals surface area contributed by atoms with Crippen LogP contribution >= 0.6 is 0 Å². The van der Waals surface area contributed by atoms with Crippen molar-refractivity contribution in [2.24, 2.45) is 0 Å². The highest BCUT2D eigenvalue weighted by atomic mass is 32.2. The van der Waals surface area contributed by atoms with E-state index in [4.69, 9.17) is 4.74 Å². The molecular formula is C19H29N3O5S.